The van der Waals surface area contributed by atoms with Crippen LogP contribution in [0.3, 0.4) is 0 Å². The van der Waals surface area contributed by atoms with Gasteiger partial charge in [0.25, 0.3) is 0 Å². The highest BCUT2D eigenvalue weighted by Crippen LogP contribution is 2.14. The summed E-state index contributed by atoms with van der Waals surface area (Å²) in [6.45, 7) is 7.44. The zero-order valence-electron chi connectivity index (χ0n) is 21.1. The molecule has 0 amide bonds. The molecular formula is C32H45N. The molecule has 3 aromatic rings. The van der Waals surface area contributed by atoms with E-state index in [-0.39, 0.29) is 0 Å². The number of unbranched alkanes of at least 4 members (excludes halogenated alkanes) is 8. The zero-order valence-corrected chi connectivity index (χ0v) is 21.1. The summed E-state index contributed by atoms with van der Waals surface area (Å²) in [5.41, 5.74) is 4.07. The van der Waals surface area contributed by atoms with Gasteiger partial charge in [0.15, 0.2) is 0 Å². The minimum atomic E-state index is 0.963. The first kappa shape index (κ1) is 26.9. The lowest BCUT2D eigenvalue weighted by atomic mass is 10.1. The highest BCUT2D eigenvalue weighted by molar-refractivity contribution is 5.19. The van der Waals surface area contributed by atoms with E-state index in [1.165, 1.54) is 74.5 Å². The first-order chi connectivity index (χ1) is 16.3. The average Bonchev–Trinajstić information content (AvgIpc) is 2.86. The lowest BCUT2D eigenvalue weighted by Crippen LogP contribution is -2.22. The third-order valence-corrected chi connectivity index (χ3v) is 5.95. The van der Waals surface area contributed by atoms with Gasteiger partial charge < -0.3 is 0 Å². The van der Waals surface area contributed by atoms with Crippen LogP contribution in [0, 0.1) is 0 Å². The van der Waals surface area contributed by atoms with Crippen LogP contribution in [0.4, 0.5) is 0 Å². The predicted molar refractivity (Wildman–Crippen MR) is 145 cm³/mol. The summed E-state index contributed by atoms with van der Waals surface area (Å²) in [7, 11) is 0. The van der Waals surface area contributed by atoms with Gasteiger partial charge in [0.1, 0.15) is 0 Å². The molecule has 3 aromatic carbocycles. The molecule has 0 aromatic heterocycles. The molecule has 3 rings (SSSR count). The van der Waals surface area contributed by atoms with Crippen LogP contribution in [-0.2, 0) is 19.6 Å². The van der Waals surface area contributed by atoms with Crippen LogP contribution in [-0.4, -0.2) is 4.90 Å². The fourth-order valence-electron chi connectivity index (χ4n) is 4.08. The minimum Gasteiger partial charge on any atom is -0.291 e. The van der Waals surface area contributed by atoms with E-state index in [9.17, 15) is 0 Å². The maximum Gasteiger partial charge on any atom is 0.0240 e. The topological polar surface area (TPSA) is 3.24 Å². The molecule has 1 nitrogen and oxygen atoms in total. The maximum atomic E-state index is 2.49. The Morgan fingerprint density at radius 1 is 0.394 bits per heavy atom. The maximum absolute atomic E-state index is 2.49. The van der Waals surface area contributed by atoms with Crippen molar-refractivity contribution in [2.45, 2.75) is 91.3 Å². The third kappa shape index (κ3) is 13.0. The van der Waals surface area contributed by atoms with Crippen LogP contribution < -0.4 is 0 Å². The molecule has 0 bridgehead atoms. The zero-order chi connectivity index (χ0) is 23.4. The molecule has 0 aliphatic heterocycles. The second-order valence-electron chi connectivity index (χ2n) is 9.08. The smallest absolute Gasteiger partial charge is 0.0240 e. The van der Waals surface area contributed by atoms with Gasteiger partial charge in [-0.2, -0.15) is 0 Å². The molecule has 0 atom stereocenters. The van der Waals surface area contributed by atoms with Gasteiger partial charge in [0.2, 0.25) is 0 Å². The van der Waals surface area contributed by atoms with E-state index in [2.05, 4.69) is 110 Å². The summed E-state index contributed by atoms with van der Waals surface area (Å²) in [6, 6.07) is 32.1. The van der Waals surface area contributed by atoms with Gasteiger partial charge >= 0.3 is 0 Å². The highest BCUT2D eigenvalue weighted by Gasteiger charge is 2.08. The summed E-state index contributed by atoms with van der Waals surface area (Å²) in [5.74, 6) is 0. The first-order valence-corrected chi connectivity index (χ1v) is 13.2. The Balaban J connectivity index is 0.000000299. The largest absolute Gasteiger partial charge is 0.291 e. The average molecular weight is 444 g/mol. The van der Waals surface area contributed by atoms with Crippen LogP contribution in [0.5, 0.6) is 0 Å². The molecule has 0 saturated heterocycles. The number of rotatable bonds is 14. The molecule has 0 spiro atoms. The molecule has 0 fully saturated rings. The molecule has 0 radical (unpaired) electrons. The Kier molecular flexibility index (Phi) is 14.7. The lowest BCUT2D eigenvalue weighted by molar-refractivity contribution is 0.247. The number of hydrogen-bond acceptors (Lipinski definition) is 1. The van der Waals surface area contributed by atoms with Crippen molar-refractivity contribution in [2.24, 2.45) is 0 Å². The van der Waals surface area contributed by atoms with Gasteiger partial charge in [0.05, 0.1) is 0 Å². The van der Waals surface area contributed by atoms with Crippen molar-refractivity contribution in [1.29, 1.82) is 0 Å². The SMILES string of the molecule is CCCCCCCCCCC.c1ccc(CN(Cc2ccccc2)Cc2ccccc2)cc1. The highest BCUT2D eigenvalue weighted by atomic mass is 15.1. The van der Waals surface area contributed by atoms with Gasteiger partial charge in [-0.15, -0.1) is 0 Å². The van der Waals surface area contributed by atoms with Gasteiger partial charge in [-0.05, 0) is 16.7 Å². The fraction of sp³-hybridized carbons (Fsp3) is 0.438. The standard InChI is InChI=1S/C21H21N.C11H24/c1-4-10-19(11-5-1)16-22(17-20-12-6-2-7-13-20)18-21-14-8-3-9-15-21;1-3-5-7-9-11-10-8-6-4-2/h1-15H,16-18H2;3-11H2,1-2H3. The van der Waals surface area contributed by atoms with Crippen molar-refractivity contribution in [3.05, 3.63) is 108 Å². The molecule has 1 heteroatoms. The second-order valence-corrected chi connectivity index (χ2v) is 9.08. The molecule has 0 heterocycles. The van der Waals surface area contributed by atoms with Crippen molar-refractivity contribution in [2.75, 3.05) is 0 Å². The van der Waals surface area contributed by atoms with E-state index >= 15 is 0 Å². The molecule has 0 N–H and O–H groups in total. The second kappa shape index (κ2) is 18.1. The van der Waals surface area contributed by atoms with Crippen molar-refractivity contribution >= 4 is 0 Å². The van der Waals surface area contributed by atoms with E-state index in [1.54, 1.807) is 0 Å². The van der Waals surface area contributed by atoms with Crippen LogP contribution >= 0.6 is 0 Å². The summed E-state index contributed by atoms with van der Waals surface area (Å²) in [4.78, 5) is 2.49. The van der Waals surface area contributed by atoms with Crippen molar-refractivity contribution in [3.63, 3.8) is 0 Å². The fourth-order valence-corrected chi connectivity index (χ4v) is 4.08. The van der Waals surface area contributed by atoms with Crippen molar-refractivity contribution in [3.8, 4) is 0 Å². The number of nitrogens with zero attached hydrogens (tertiary/aromatic N) is 1. The summed E-state index contributed by atoms with van der Waals surface area (Å²) >= 11 is 0. The quantitative estimate of drug-likeness (QED) is 0.224. The summed E-state index contributed by atoms with van der Waals surface area (Å²) < 4.78 is 0. The number of hydrogen-bond donors (Lipinski definition) is 0. The Hall–Kier alpha value is -2.38. The van der Waals surface area contributed by atoms with Crippen LogP contribution in [0.2, 0.25) is 0 Å². The monoisotopic (exact) mass is 443 g/mol. The van der Waals surface area contributed by atoms with E-state index in [1.807, 2.05) is 0 Å². The van der Waals surface area contributed by atoms with E-state index in [4.69, 9.17) is 0 Å². The van der Waals surface area contributed by atoms with Crippen LogP contribution in [0.15, 0.2) is 91.0 Å². The Bertz CT molecular complexity index is 691. The Morgan fingerprint density at radius 2 is 0.667 bits per heavy atom. The van der Waals surface area contributed by atoms with Gasteiger partial charge in [-0.3, -0.25) is 4.90 Å². The molecule has 0 aliphatic carbocycles. The lowest BCUT2D eigenvalue weighted by Gasteiger charge is -2.23. The molecule has 178 valence electrons. The van der Waals surface area contributed by atoms with Gasteiger partial charge in [0, 0.05) is 19.6 Å². The van der Waals surface area contributed by atoms with E-state index < -0.39 is 0 Å². The number of benzene rings is 3. The molecule has 0 saturated carbocycles. The Labute approximate surface area is 203 Å². The predicted octanol–water partition coefficient (Wildman–Crippen LogP) is 9.43. The summed E-state index contributed by atoms with van der Waals surface area (Å²) in [6.07, 6.45) is 13.0. The van der Waals surface area contributed by atoms with E-state index in [0.29, 0.717) is 0 Å². The minimum absolute atomic E-state index is 0.963. The van der Waals surface area contributed by atoms with Gasteiger partial charge in [-0.1, -0.05) is 163 Å². The van der Waals surface area contributed by atoms with Crippen LogP contribution in [0.1, 0.15) is 88.3 Å². The first-order valence-electron chi connectivity index (χ1n) is 13.2. The molecule has 33 heavy (non-hydrogen) atoms. The summed E-state index contributed by atoms with van der Waals surface area (Å²) in [5, 5.41) is 0. The Morgan fingerprint density at radius 3 is 0.939 bits per heavy atom. The molecule has 0 unspecified atom stereocenters. The normalized spacial score (nSPS) is 10.6. The van der Waals surface area contributed by atoms with Crippen molar-refractivity contribution < 1.29 is 0 Å². The van der Waals surface area contributed by atoms with E-state index in [0.717, 1.165) is 19.6 Å². The van der Waals surface area contributed by atoms with Crippen LogP contribution in [0.25, 0.3) is 0 Å². The molecule has 0 aliphatic rings. The third-order valence-electron chi connectivity index (χ3n) is 5.95. The van der Waals surface area contributed by atoms with Gasteiger partial charge in [-0.25, -0.2) is 0 Å². The molecular weight excluding hydrogens is 398 g/mol. The van der Waals surface area contributed by atoms with Crippen molar-refractivity contribution in [1.82, 2.24) is 4.90 Å².